The maximum atomic E-state index is 12.1. The van der Waals surface area contributed by atoms with Gasteiger partial charge < -0.3 is 20.5 Å². The number of hydrogen-bond acceptors (Lipinski definition) is 4. The molecule has 2 rings (SSSR count). The zero-order valence-electron chi connectivity index (χ0n) is 10.5. The van der Waals surface area contributed by atoms with E-state index >= 15 is 0 Å². The van der Waals surface area contributed by atoms with Gasteiger partial charge in [-0.3, -0.25) is 4.79 Å². The monoisotopic (exact) mass is 304 g/mol. The Morgan fingerprint density at radius 2 is 2.14 bits per heavy atom. The van der Waals surface area contributed by atoms with Crippen molar-refractivity contribution in [1.82, 2.24) is 5.32 Å². The summed E-state index contributed by atoms with van der Waals surface area (Å²) in [6, 6.07) is 3.54. The fourth-order valence-electron chi connectivity index (χ4n) is 1.78. The van der Waals surface area contributed by atoms with Gasteiger partial charge in [-0.2, -0.15) is 13.2 Å². The second-order valence-electron chi connectivity index (χ2n) is 4.38. The molecule has 1 aliphatic heterocycles. The van der Waals surface area contributed by atoms with E-state index in [1.807, 2.05) is 0 Å². The largest absolute Gasteiger partial charge is 0.489 e. The highest BCUT2D eigenvalue weighted by Gasteiger charge is 2.38. The quantitative estimate of drug-likeness (QED) is 0.782. The number of fused-ring (bicyclic) bond motifs is 1. The maximum Gasteiger partial charge on any atom is 0.471 e. The molecular weight excluding hydrogens is 293 g/mol. The first-order valence-electron chi connectivity index (χ1n) is 5.89. The Kier molecular flexibility index (Phi) is 3.92. The first-order valence-corrected chi connectivity index (χ1v) is 5.89. The Balaban J connectivity index is 2.00. The second-order valence-corrected chi connectivity index (χ2v) is 4.38. The Hall–Kier alpha value is -2.45. The van der Waals surface area contributed by atoms with E-state index in [1.165, 1.54) is 18.2 Å². The number of hydrogen-bond donors (Lipinski definition) is 3. The number of nitrogens with one attached hydrogen (secondary N) is 2. The summed E-state index contributed by atoms with van der Waals surface area (Å²) in [6.07, 6.45) is -4.94. The van der Waals surface area contributed by atoms with Crippen LogP contribution in [0, 0.1) is 0 Å². The standard InChI is InChI=1S/C12H11F3N2O4/c13-12(14,15)11(20)16-4-7-5-21-9-2-1-6(10(18)19)3-8(9)17-7/h1-3,7,17H,4-5H2,(H,16,20)(H,18,19). The molecule has 1 aliphatic rings. The van der Waals surface area contributed by atoms with Crippen molar-refractivity contribution in [2.75, 3.05) is 18.5 Å². The van der Waals surface area contributed by atoms with Crippen LogP contribution in [-0.2, 0) is 4.79 Å². The number of carbonyl (C=O) groups is 2. The van der Waals surface area contributed by atoms with Crippen LogP contribution in [0.3, 0.4) is 0 Å². The molecule has 3 N–H and O–H groups in total. The van der Waals surface area contributed by atoms with Gasteiger partial charge in [0.1, 0.15) is 12.4 Å². The van der Waals surface area contributed by atoms with Crippen LogP contribution in [-0.4, -0.2) is 42.4 Å². The average Bonchev–Trinajstić information content (AvgIpc) is 2.42. The average molecular weight is 304 g/mol. The van der Waals surface area contributed by atoms with Gasteiger partial charge in [0.15, 0.2) is 0 Å². The first kappa shape index (κ1) is 14.9. The molecule has 0 radical (unpaired) electrons. The van der Waals surface area contributed by atoms with Crippen molar-refractivity contribution < 1.29 is 32.6 Å². The van der Waals surface area contributed by atoms with Crippen molar-refractivity contribution in [3.8, 4) is 5.75 Å². The van der Waals surface area contributed by atoms with Crippen LogP contribution in [0.2, 0.25) is 0 Å². The predicted octanol–water partition coefficient (Wildman–Crippen LogP) is 1.24. The Labute approximate surface area is 116 Å². The van der Waals surface area contributed by atoms with Crippen LogP contribution in [0.5, 0.6) is 5.75 Å². The third kappa shape index (κ3) is 3.56. The zero-order valence-corrected chi connectivity index (χ0v) is 10.5. The normalized spacial score (nSPS) is 17.2. The molecular formula is C12H11F3N2O4. The van der Waals surface area contributed by atoms with E-state index in [0.717, 1.165) is 0 Å². The number of halogens is 3. The van der Waals surface area contributed by atoms with Gasteiger partial charge >= 0.3 is 18.1 Å². The molecule has 0 saturated heterocycles. The SMILES string of the molecule is O=C(O)c1ccc2c(c1)NC(CNC(=O)C(F)(F)F)CO2. The van der Waals surface area contributed by atoms with Crippen molar-refractivity contribution in [3.05, 3.63) is 23.8 Å². The van der Waals surface area contributed by atoms with Gasteiger partial charge in [0, 0.05) is 6.54 Å². The van der Waals surface area contributed by atoms with Crippen LogP contribution in [0.15, 0.2) is 18.2 Å². The minimum absolute atomic E-state index is 0.0184. The fourth-order valence-corrected chi connectivity index (χ4v) is 1.78. The summed E-state index contributed by atoms with van der Waals surface area (Å²) in [5, 5.41) is 13.4. The lowest BCUT2D eigenvalue weighted by atomic mass is 10.1. The third-order valence-corrected chi connectivity index (χ3v) is 2.79. The topological polar surface area (TPSA) is 87.7 Å². The van der Waals surface area contributed by atoms with Crippen LogP contribution in [0.25, 0.3) is 0 Å². The number of anilines is 1. The van der Waals surface area contributed by atoms with E-state index < -0.39 is 24.1 Å². The summed E-state index contributed by atoms with van der Waals surface area (Å²) in [5.41, 5.74) is 0.372. The summed E-state index contributed by atoms with van der Waals surface area (Å²) < 4.78 is 41.5. The summed E-state index contributed by atoms with van der Waals surface area (Å²) in [5.74, 6) is -2.76. The molecule has 1 unspecified atom stereocenters. The molecule has 0 fully saturated rings. The van der Waals surface area contributed by atoms with E-state index in [0.29, 0.717) is 11.4 Å². The third-order valence-electron chi connectivity index (χ3n) is 2.79. The number of aromatic carboxylic acids is 1. The predicted molar refractivity (Wildman–Crippen MR) is 65.4 cm³/mol. The van der Waals surface area contributed by atoms with Gasteiger partial charge in [0.05, 0.1) is 17.3 Å². The summed E-state index contributed by atoms with van der Waals surface area (Å²) in [7, 11) is 0. The van der Waals surface area contributed by atoms with E-state index in [-0.39, 0.29) is 18.7 Å². The highest BCUT2D eigenvalue weighted by molar-refractivity contribution is 5.89. The summed E-state index contributed by atoms with van der Waals surface area (Å²) in [6.45, 7) is -0.243. The Morgan fingerprint density at radius 1 is 1.43 bits per heavy atom. The lowest BCUT2D eigenvalue weighted by molar-refractivity contribution is -0.173. The molecule has 1 heterocycles. The van der Waals surface area contributed by atoms with E-state index in [1.54, 1.807) is 5.32 Å². The van der Waals surface area contributed by atoms with Gasteiger partial charge in [-0.25, -0.2) is 4.79 Å². The Bertz CT molecular complexity index is 574. The van der Waals surface area contributed by atoms with Crippen molar-refractivity contribution >= 4 is 17.6 Å². The van der Waals surface area contributed by atoms with Crippen molar-refractivity contribution in [3.63, 3.8) is 0 Å². The summed E-state index contributed by atoms with van der Waals surface area (Å²) in [4.78, 5) is 21.6. The number of carboxylic acid groups (broad SMARTS) is 1. The number of carbonyl (C=O) groups excluding carboxylic acids is 1. The lowest BCUT2D eigenvalue weighted by Crippen LogP contribution is -2.46. The molecule has 6 nitrogen and oxygen atoms in total. The number of amides is 1. The van der Waals surface area contributed by atoms with Crippen molar-refractivity contribution in [2.24, 2.45) is 0 Å². The number of ether oxygens (including phenoxy) is 1. The molecule has 21 heavy (non-hydrogen) atoms. The smallest absolute Gasteiger partial charge is 0.471 e. The molecule has 114 valence electrons. The van der Waals surface area contributed by atoms with E-state index in [9.17, 15) is 22.8 Å². The van der Waals surface area contributed by atoms with Crippen molar-refractivity contribution in [2.45, 2.75) is 12.2 Å². The zero-order chi connectivity index (χ0) is 15.6. The maximum absolute atomic E-state index is 12.1. The van der Waals surface area contributed by atoms with Crippen molar-refractivity contribution in [1.29, 1.82) is 0 Å². The molecule has 1 aromatic rings. The molecule has 0 bridgehead atoms. The molecule has 9 heteroatoms. The van der Waals surface area contributed by atoms with Crippen LogP contribution >= 0.6 is 0 Å². The number of carboxylic acids is 1. The van der Waals surface area contributed by atoms with E-state index in [4.69, 9.17) is 9.84 Å². The van der Waals surface area contributed by atoms with Gasteiger partial charge in [0.2, 0.25) is 0 Å². The first-order chi connectivity index (χ1) is 9.77. The molecule has 0 spiro atoms. The highest BCUT2D eigenvalue weighted by Crippen LogP contribution is 2.29. The van der Waals surface area contributed by atoms with Gasteiger partial charge in [-0.1, -0.05) is 0 Å². The lowest BCUT2D eigenvalue weighted by Gasteiger charge is -2.28. The second kappa shape index (κ2) is 5.51. The Morgan fingerprint density at radius 3 is 2.76 bits per heavy atom. The number of alkyl halides is 3. The van der Waals surface area contributed by atoms with E-state index in [2.05, 4.69) is 5.32 Å². The molecule has 1 aromatic carbocycles. The summed E-state index contributed by atoms with van der Waals surface area (Å²) >= 11 is 0. The molecule has 1 atom stereocenters. The minimum atomic E-state index is -4.94. The molecule has 0 aromatic heterocycles. The van der Waals surface area contributed by atoms with Gasteiger partial charge in [0.25, 0.3) is 0 Å². The molecule has 1 amide bonds. The number of benzene rings is 1. The van der Waals surface area contributed by atoms with Gasteiger partial charge in [-0.05, 0) is 18.2 Å². The number of rotatable bonds is 3. The molecule has 0 saturated carbocycles. The van der Waals surface area contributed by atoms with Crippen LogP contribution < -0.4 is 15.4 Å². The van der Waals surface area contributed by atoms with Crippen LogP contribution in [0.1, 0.15) is 10.4 Å². The highest BCUT2D eigenvalue weighted by atomic mass is 19.4. The minimum Gasteiger partial charge on any atom is -0.489 e. The van der Waals surface area contributed by atoms with Crippen LogP contribution in [0.4, 0.5) is 18.9 Å². The fraction of sp³-hybridized carbons (Fsp3) is 0.333. The van der Waals surface area contributed by atoms with Gasteiger partial charge in [-0.15, -0.1) is 0 Å². The molecule has 0 aliphatic carbocycles.